The molecule has 1 amide bonds. The van der Waals surface area contributed by atoms with Crippen LogP contribution in [0.5, 0.6) is 11.5 Å². The molecule has 1 aliphatic rings. The fourth-order valence-electron chi connectivity index (χ4n) is 4.02. The Morgan fingerprint density at radius 2 is 1.93 bits per heavy atom. The van der Waals surface area contributed by atoms with Crippen LogP contribution < -0.4 is 10.2 Å². The van der Waals surface area contributed by atoms with Gasteiger partial charge in [0.25, 0.3) is 5.91 Å². The minimum Gasteiger partial charge on any atom is -0.504 e. The van der Waals surface area contributed by atoms with Gasteiger partial charge < -0.3 is 24.3 Å². The summed E-state index contributed by atoms with van der Waals surface area (Å²) < 4.78 is 11.1. The largest absolute Gasteiger partial charge is 0.504 e. The molecule has 7 heteroatoms. The maximum atomic E-state index is 13.4. The summed E-state index contributed by atoms with van der Waals surface area (Å²) in [4.78, 5) is 27.9. The molecule has 150 valence electrons. The fourth-order valence-corrected chi connectivity index (χ4v) is 4.02. The van der Waals surface area contributed by atoms with Crippen LogP contribution in [0.1, 0.15) is 38.9 Å². The highest BCUT2D eigenvalue weighted by atomic mass is 16.5. The van der Waals surface area contributed by atoms with Crippen molar-refractivity contribution in [1.29, 1.82) is 0 Å². The predicted molar refractivity (Wildman–Crippen MR) is 107 cm³/mol. The number of rotatable bonds is 4. The number of fused-ring (bicyclic) bond motifs is 2. The van der Waals surface area contributed by atoms with E-state index in [9.17, 15) is 19.8 Å². The molecule has 1 unspecified atom stereocenters. The topological polar surface area (TPSA) is 100 Å². The van der Waals surface area contributed by atoms with Crippen molar-refractivity contribution in [3.05, 3.63) is 68.6 Å². The normalized spacial score (nSPS) is 15.8. The maximum Gasteiger partial charge on any atom is 0.290 e. The smallest absolute Gasteiger partial charge is 0.290 e. The zero-order valence-electron chi connectivity index (χ0n) is 16.4. The van der Waals surface area contributed by atoms with Gasteiger partial charge in [0.2, 0.25) is 5.76 Å². The molecule has 1 aliphatic heterocycles. The number of benzene rings is 2. The van der Waals surface area contributed by atoms with Gasteiger partial charge >= 0.3 is 0 Å². The first kappa shape index (κ1) is 19.0. The summed E-state index contributed by atoms with van der Waals surface area (Å²) >= 11 is 0. The number of β-amino-alcohol motifs (C(OH)–C–C–N with tert-alkyl or cyclic N) is 1. The number of aryl methyl sites for hydroxylation is 2. The maximum absolute atomic E-state index is 13.4. The number of methoxy groups -OCH3 is 1. The number of aliphatic hydroxyl groups excluding tert-OH is 1. The Morgan fingerprint density at radius 3 is 2.62 bits per heavy atom. The summed E-state index contributed by atoms with van der Waals surface area (Å²) in [5.74, 6) is -0.291. The molecule has 0 bridgehead atoms. The molecule has 0 saturated carbocycles. The standard InChI is InChI=1S/C22H21NO6/c1-11-8-12(2)20-14(9-11)19(26)17-18(13-4-5-15(25)16(10-13)28-3)23(6-7-24)22(27)21(17)29-20/h4-5,8-10,18,24-25H,6-7H2,1-3H3. The molecule has 2 heterocycles. The first-order chi connectivity index (χ1) is 13.9. The first-order valence-corrected chi connectivity index (χ1v) is 9.24. The van der Waals surface area contributed by atoms with Gasteiger partial charge in [0, 0.05) is 6.54 Å². The second kappa shape index (κ2) is 6.93. The Hall–Kier alpha value is -3.32. The van der Waals surface area contributed by atoms with Crippen LogP contribution in [0, 0.1) is 13.8 Å². The molecule has 0 aliphatic carbocycles. The molecule has 2 N–H and O–H groups in total. The van der Waals surface area contributed by atoms with Crippen LogP contribution in [-0.4, -0.2) is 41.3 Å². The van der Waals surface area contributed by atoms with E-state index in [2.05, 4.69) is 0 Å². The van der Waals surface area contributed by atoms with E-state index in [1.807, 2.05) is 19.9 Å². The van der Waals surface area contributed by atoms with Crippen LogP contribution in [0.15, 0.2) is 39.5 Å². The van der Waals surface area contributed by atoms with E-state index in [-0.39, 0.29) is 41.4 Å². The summed E-state index contributed by atoms with van der Waals surface area (Å²) in [6.07, 6.45) is 0. The molecule has 0 saturated heterocycles. The summed E-state index contributed by atoms with van der Waals surface area (Å²) in [5.41, 5.74) is 2.61. The van der Waals surface area contributed by atoms with E-state index in [4.69, 9.17) is 9.15 Å². The average molecular weight is 395 g/mol. The van der Waals surface area contributed by atoms with Crippen molar-refractivity contribution in [3.63, 3.8) is 0 Å². The molecule has 29 heavy (non-hydrogen) atoms. The molecule has 2 aromatic carbocycles. The lowest BCUT2D eigenvalue weighted by molar-refractivity contribution is 0.0691. The highest BCUT2D eigenvalue weighted by Crippen LogP contribution is 2.40. The van der Waals surface area contributed by atoms with Crippen LogP contribution >= 0.6 is 0 Å². The van der Waals surface area contributed by atoms with E-state index >= 15 is 0 Å². The van der Waals surface area contributed by atoms with Gasteiger partial charge in [-0.05, 0) is 48.7 Å². The third kappa shape index (κ3) is 2.86. The van der Waals surface area contributed by atoms with Gasteiger partial charge in [-0.25, -0.2) is 0 Å². The number of carbonyl (C=O) groups is 1. The molecule has 1 atom stereocenters. The minimum atomic E-state index is -0.749. The van der Waals surface area contributed by atoms with Gasteiger partial charge in [-0.1, -0.05) is 12.1 Å². The number of ether oxygens (including phenoxy) is 1. The predicted octanol–water partition coefficient (Wildman–Crippen LogP) is 2.66. The number of aromatic hydroxyl groups is 1. The molecule has 7 nitrogen and oxygen atoms in total. The average Bonchev–Trinajstić information content (AvgIpc) is 2.96. The molecule has 4 rings (SSSR count). The van der Waals surface area contributed by atoms with E-state index in [1.54, 1.807) is 18.2 Å². The number of hydrogen-bond donors (Lipinski definition) is 2. The molecular formula is C22H21NO6. The first-order valence-electron chi connectivity index (χ1n) is 9.24. The van der Waals surface area contributed by atoms with Crippen LogP contribution in [0.4, 0.5) is 0 Å². The second-order valence-corrected chi connectivity index (χ2v) is 7.19. The number of carbonyl (C=O) groups excluding carboxylic acids is 1. The number of phenols is 1. The van der Waals surface area contributed by atoms with Crippen molar-refractivity contribution in [2.24, 2.45) is 0 Å². The number of phenolic OH excluding ortho intramolecular Hbond substituents is 1. The van der Waals surface area contributed by atoms with Crippen LogP contribution in [0.25, 0.3) is 11.0 Å². The van der Waals surface area contributed by atoms with Crippen LogP contribution in [-0.2, 0) is 0 Å². The van der Waals surface area contributed by atoms with Crippen molar-refractivity contribution in [2.75, 3.05) is 20.3 Å². The zero-order chi connectivity index (χ0) is 20.9. The molecule has 0 fully saturated rings. The lowest BCUT2D eigenvalue weighted by Crippen LogP contribution is -2.32. The van der Waals surface area contributed by atoms with E-state index < -0.39 is 11.9 Å². The Morgan fingerprint density at radius 1 is 1.17 bits per heavy atom. The van der Waals surface area contributed by atoms with Crippen molar-refractivity contribution in [2.45, 2.75) is 19.9 Å². The highest BCUT2D eigenvalue weighted by Gasteiger charge is 2.42. The second-order valence-electron chi connectivity index (χ2n) is 7.19. The van der Waals surface area contributed by atoms with Crippen LogP contribution in [0.3, 0.4) is 0 Å². The summed E-state index contributed by atoms with van der Waals surface area (Å²) in [5, 5.41) is 19.8. The number of aliphatic hydroxyl groups is 1. The van der Waals surface area contributed by atoms with Crippen molar-refractivity contribution in [1.82, 2.24) is 4.90 Å². The lowest BCUT2D eigenvalue weighted by Gasteiger charge is -2.24. The Labute approximate surface area is 166 Å². The quantitative estimate of drug-likeness (QED) is 0.705. The molecule has 3 aromatic rings. The number of amides is 1. The third-order valence-electron chi connectivity index (χ3n) is 5.26. The lowest BCUT2D eigenvalue weighted by atomic mass is 9.97. The summed E-state index contributed by atoms with van der Waals surface area (Å²) in [6, 6.07) is 7.55. The SMILES string of the molecule is COc1cc(C2c3c(oc4c(C)cc(C)cc4c3=O)C(=O)N2CCO)ccc1O. The van der Waals surface area contributed by atoms with Gasteiger partial charge in [-0.2, -0.15) is 0 Å². The van der Waals surface area contributed by atoms with E-state index in [1.165, 1.54) is 18.1 Å². The Balaban J connectivity index is 2.03. The van der Waals surface area contributed by atoms with Crippen molar-refractivity contribution >= 4 is 16.9 Å². The number of nitrogens with zero attached hydrogens (tertiary/aromatic N) is 1. The zero-order valence-corrected chi connectivity index (χ0v) is 16.4. The van der Waals surface area contributed by atoms with Gasteiger partial charge in [0.1, 0.15) is 5.58 Å². The van der Waals surface area contributed by atoms with Gasteiger partial charge in [-0.15, -0.1) is 0 Å². The molecule has 0 radical (unpaired) electrons. The molecular weight excluding hydrogens is 374 g/mol. The number of hydrogen-bond acceptors (Lipinski definition) is 6. The monoisotopic (exact) mass is 395 g/mol. The summed E-state index contributed by atoms with van der Waals surface area (Å²) in [7, 11) is 1.42. The van der Waals surface area contributed by atoms with Gasteiger partial charge in [0.15, 0.2) is 16.9 Å². The molecule has 0 spiro atoms. The van der Waals surface area contributed by atoms with Crippen molar-refractivity contribution in [3.8, 4) is 11.5 Å². The van der Waals surface area contributed by atoms with Crippen LogP contribution in [0.2, 0.25) is 0 Å². The van der Waals surface area contributed by atoms with Crippen molar-refractivity contribution < 1.29 is 24.2 Å². The Kier molecular flexibility index (Phi) is 4.55. The summed E-state index contributed by atoms with van der Waals surface area (Å²) in [6.45, 7) is 3.49. The minimum absolute atomic E-state index is 0.0139. The highest BCUT2D eigenvalue weighted by molar-refractivity contribution is 5.99. The third-order valence-corrected chi connectivity index (χ3v) is 5.26. The van der Waals surface area contributed by atoms with E-state index in [0.717, 1.165) is 11.1 Å². The fraction of sp³-hybridized carbons (Fsp3) is 0.273. The molecule has 1 aromatic heterocycles. The Bertz CT molecular complexity index is 1200. The van der Waals surface area contributed by atoms with Gasteiger partial charge in [0.05, 0.1) is 30.7 Å². The van der Waals surface area contributed by atoms with Gasteiger partial charge in [-0.3, -0.25) is 9.59 Å². The van der Waals surface area contributed by atoms with E-state index in [0.29, 0.717) is 16.5 Å².